The fourth-order valence-electron chi connectivity index (χ4n) is 2.53. The molecule has 0 aliphatic carbocycles. The smallest absolute Gasteiger partial charge is 0.127 e. The van der Waals surface area contributed by atoms with Gasteiger partial charge in [-0.05, 0) is 50.9 Å². The van der Waals surface area contributed by atoms with E-state index in [0.29, 0.717) is 17.0 Å². The Morgan fingerprint density at radius 2 is 1.95 bits per heavy atom. The first kappa shape index (κ1) is 16.0. The molecule has 0 bridgehead atoms. The molecule has 0 fully saturated rings. The van der Waals surface area contributed by atoms with Crippen molar-refractivity contribution in [3.8, 4) is 0 Å². The molecule has 0 amide bonds. The molecular weight excluding hydrogens is 285 g/mol. The predicted octanol–water partition coefficient (Wildman–Crippen LogP) is 4.55. The molecule has 0 saturated heterocycles. The van der Waals surface area contributed by atoms with Crippen LogP contribution in [-0.4, -0.2) is 13.1 Å². The fraction of sp³-hybridized carbons (Fsp3) is 0.333. The van der Waals surface area contributed by atoms with Gasteiger partial charge >= 0.3 is 0 Å². The molecule has 1 unspecified atom stereocenters. The lowest BCUT2D eigenvalue weighted by Gasteiger charge is -2.17. The summed E-state index contributed by atoms with van der Waals surface area (Å²) in [4.78, 5) is 0. The van der Waals surface area contributed by atoms with Crippen LogP contribution in [0.4, 0.5) is 4.39 Å². The van der Waals surface area contributed by atoms with Crippen molar-refractivity contribution in [3.63, 3.8) is 0 Å². The fourth-order valence-corrected chi connectivity index (χ4v) is 2.77. The molecule has 0 radical (unpaired) electrons. The molecule has 1 atom stereocenters. The van der Waals surface area contributed by atoms with Gasteiger partial charge in [0.25, 0.3) is 0 Å². The van der Waals surface area contributed by atoms with E-state index in [1.54, 1.807) is 12.1 Å². The molecule has 21 heavy (non-hydrogen) atoms. The van der Waals surface area contributed by atoms with Crippen molar-refractivity contribution in [1.82, 2.24) is 5.32 Å². The van der Waals surface area contributed by atoms with Crippen molar-refractivity contribution in [2.75, 3.05) is 7.05 Å². The maximum atomic E-state index is 13.9. The zero-order valence-corrected chi connectivity index (χ0v) is 13.3. The van der Waals surface area contributed by atoms with Gasteiger partial charge in [0.05, 0.1) is 0 Å². The Hall–Kier alpha value is -1.38. The lowest BCUT2D eigenvalue weighted by atomic mass is 9.98. The Morgan fingerprint density at radius 1 is 1.19 bits per heavy atom. The molecule has 2 rings (SSSR count). The van der Waals surface area contributed by atoms with E-state index in [0.717, 1.165) is 12.8 Å². The van der Waals surface area contributed by atoms with E-state index in [9.17, 15) is 4.39 Å². The minimum Gasteiger partial charge on any atom is -0.317 e. The van der Waals surface area contributed by atoms with Crippen LogP contribution in [0.1, 0.15) is 23.1 Å². The number of aryl methyl sites for hydroxylation is 2. The first-order chi connectivity index (χ1) is 10.1. The van der Waals surface area contributed by atoms with E-state index in [1.165, 1.54) is 17.2 Å². The van der Waals surface area contributed by atoms with E-state index in [1.807, 2.05) is 7.05 Å². The van der Waals surface area contributed by atoms with Gasteiger partial charge in [0.2, 0.25) is 0 Å². The zero-order chi connectivity index (χ0) is 15.2. The summed E-state index contributed by atoms with van der Waals surface area (Å²) in [7, 11) is 1.91. The molecule has 0 spiro atoms. The van der Waals surface area contributed by atoms with Crippen LogP contribution in [-0.2, 0) is 12.8 Å². The minimum absolute atomic E-state index is 0.208. The van der Waals surface area contributed by atoms with Crippen LogP contribution in [0.2, 0.25) is 5.02 Å². The summed E-state index contributed by atoms with van der Waals surface area (Å²) in [5.74, 6) is -0.224. The third kappa shape index (κ3) is 4.55. The highest BCUT2D eigenvalue weighted by Gasteiger charge is 2.13. The van der Waals surface area contributed by atoms with Crippen LogP contribution in [0.5, 0.6) is 0 Å². The monoisotopic (exact) mass is 305 g/mol. The summed E-state index contributed by atoms with van der Waals surface area (Å²) >= 11 is 6.10. The number of hydrogen-bond donors (Lipinski definition) is 1. The van der Waals surface area contributed by atoms with Crippen molar-refractivity contribution < 1.29 is 4.39 Å². The van der Waals surface area contributed by atoms with Crippen molar-refractivity contribution in [1.29, 1.82) is 0 Å². The summed E-state index contributed by atoms with van der Waals surface area (Å²) < 4.78 is 13.9. The second kappa shape index (κ2) is 7.58. The molecule has 0 aliphatic heterocycles. The molecular formula is C18H21ClFN. The number of halogens is 2. The normalized spacial score (nSPS) is 12.4. The van der Waals surface area contributed by atoms with E-state index in [2.05, 4.69) is 36.5 Å². The van der Waals surface area contributed by atoms with Gasteiger partial charge in [0, 0.05) is 16.6 Å². The Labute approximate surface area is 131 Å². The summed E-state index contributed by atoms with van der Waals surface area (Å²) in [5.41, 5.74) is 3.18. The third-order valence-electron chi connectivity index (χ3n) is 3.78. The van der Waals surface area contributed by atoms with Gasteiger partial charge in [-0.25, -0.2) is 4.39 Å². The first-order valence-corrected chi connectivity index (χ1v) is 7.63. The van der Waals surface area contributed by atoms with Gasteiger partial charge in [0.15, 0.2) is 0 Å². The second-order valence-electron chi connectivity index (χ2n) is 5.42. The van der Waals surface area contributed by atoms with E-state index in [-0.39, 0.29) is 11.9 Å². The van der Waals surface area contributed by atoms with Crippen LogP contribution in [0.15, 0.2) is 42.5 Å². The van der Waals surface area contributed by atoms with Gasteiger partial charge in [-0.1, -0.05) is 47.5 Å². The lowest BCUT2D eigenvalue weighted by Crippen LogP contribution is -2.28. The third-order valence-corrected chi connectivity index (χ3v) is 4.14. The molecule has 0 aromatic heterocycles. The number of benzene rings is 2. The summed E-state index contributed by atoms with van der Waals surface area (Å²) in [6, 6.07) is 13.6. The van der Waals surface area contributed by atoms with Crippen molar-refractivity contribution in [2.24, 2.45) is 0 Å². The quantitative estimate of drug-likeness (QED) is 0.825. The Morgan fingerprint density at radius 3 is 2.62 bits per heavy atom. The molecule has 1 N–H and O–H groups in total. The van der Waals surface area contributed by atoms with Crippen molar-refractivity contribution in [2.45, 2.75) is 32.2 Å². The highest BCUT2D eigenvalue weighted by atomic mass is 35.5. The van der Waals surface area contributed by atoms with Crippen molar-refractivity contribution >= 4 is 11.6 Å². The SMILES string of the molecule is CNC(CCc1cccc(C)c1)Cc1c(F)cccc1Cl. The molecule has 2 aromatic carbocycles. The second-order valence-corrected chi connectivity index (χ2v) is 5.82. The Balaban J connectivity index is 2.00. The number of likely N-dealkylation sites (N-methyl/N-ethyl adjacent to an activating group) is 1. The van der Waals surface area contributed by atoms with Crippen LogP contribution in [0.25, 0.3) is 0 Å². The van der Waals surface area contributed by atoms with Gasteiger partial charge in [0.1, 0.15) is 5.82 Å². The molecule has 0 saturated carbocycles. The van der Waals surface area contributed by atoms with Gasteiger partial charge < -0.3 is 5.32 Å². The maximum absolute atomic E-state index is 13.9. The topological polar surface area (TPSA) is 12.0 Å². The summed E-state index contributed by atoms with van der Waals surface area (Å²) in [5, 5.41) is 3.77. The summed E-state index contributed by atoms with van der Waals surface area (Å²) in [6.07, 6.45) is 2.53. The standard InChI is InChI=1S/C18H21ClFN/c1-13-5-3-6-14(11-13)9-10-15(21-2)12-16-17(19)7-4-8-18(16)20/h3-8,11,15,21H,9-10,12H2,1-2H3. The van der Waals surface area contributed by atoms with Crippen LogP contribution < -0.4 is 5.32 Å². The average molecular weight is 306 g/mol. The zero-order valence-electron chi connectivity index (χ0n) is 12.5. The summed E-state index contributed by atoms with van der Waals surface area (Å²) in [6.45, 7) is 2.10. The highest BCUT2D eigenvalue weighted by molar-refractivity contribution is 6.31. The number of hydrogen-bond acceptors (Lipinski definition) is 1. The first-order valence-electron chi connectivity index (χ1n) is 7.26. The molecule has 1 nitrogen and oxygen atoms in total. The Kier molecular flexibility index (Phi) is 5.77. The molecule has 3 heteroatoms. The van der Waals surface area contributed by atoms with E-state index >= 15 is 0 Å². The largest absolute Gasteiger partial charge is 0.317 e. The number of rotatable bonds is 6. The average Bonchev–Trinajstić information content (AvgIpc) is 2.46. The number of nitrogens with one attached hydrogen (secondary N) is 1. The van der Waals surface area contributed by atoms with Crippen LogP contribution in [0.3, 0.4) is 0 Å². The van der Waals surface area contributed by atoms with Gasteiger partial charge in [-0.2, -0.15) is 0 Å². The molecule has 112 valence electrons. The maximum Gasteiger partial charge on any atom is 0.127 e. The van der Waals surface area contributed by atoms with E-state index in [4.69, 9.17) is 11.6 Å². The molecule has 0 heterocycles. The van der Waals surface area contributed by atoms with Crippen LogP contribution in [0, 0.1) is 12.7 Å². The van der Waals surface area contributed by atoms with Crippen LogP contribution >= 0.6 is 11.6 Å². The lowest BCUT2D eigenvalue weighted by molar-refractivity contribution is 0.504. The highest BCUT2D eigenvalue weighted by Crippen LogP contribution is 2.21. The Bertz CT molecular complexity index is 577. The van der Waals surface area contributed by atoms with Gasteiger partial charge in [-0.3, -0.25) is 0 Å². The van der Waals surface area contributed by atoms with E-state index < -0.39 is 0 Å². The minimum atomic E-state index is -0.224. The molecule has 2 aromatic rings. The van der Waals surface area contributed by atoms with Gasteiger partial charge in [-0.15, -0.1) is 0 Å². The molecule has 0 aliphatic rings. The van der Waals surface area contributed by atoms with Crippen molar-refractivity contribution in [3.05, 3.63) is 70.0 Å². The predicted molar refractivity (Wildman–Crippen MR) is 87.5 cm³/mol.